The molecule has 0 N–H and O–H groups in total. The number of rotatable bonds is 4. The van der Waals surface area contributed by atoms with Crippen LogP contribution in [0.25, 0.3) is 53.6 Å². The van der Waals surface area contributed by atoms with E-state index < -0.39 is 0 Å². The van der Waals surface area contributed by atoms with Gasteiger partial charge in [0.25, 0.3) is 0 Å². The van der Waals surface area contributed by atoms with E-state index in [1.807, 2.05) is 11.3 Å². The highest BCUT2D eigenvalue weighted by Crippen LogP contribution is 2.69. The molecule has 1 aromatic heterocycles. The van der Waals surface area contributed by atoms with Crippen LogP contribution in [0, 0.1) is 23.7 Å². The van der Waals surface area contributed by atoms with Gasteiger partial charge in [-0.25, -0.2) is 0 Å². The van der Waals surface area contributed by atoms with Crippen LogP contribution < -0.4 is 4.90 Å². The highest BCUT2D eigenvalue weighted by atomic mass is 32.1. The van der Waals surface area contributed by atoms with Gasteiger partial charge in [-0.15, -0.1) is 11.3 Å². The van der Waals surface area contributed by atoms with Gasteiger partial charge in [0.05, 0.1) is 0 Å². The lowest BCUT2D eigenvalue weighted by atomic mass is 9.43. The van der Waals surface area contributed by atoms with Gasteiger partial charge < -0.3 is 4.90 Å². The van der Waals surface area contributed by atoms with Crippen molar-refractivity contribution in [1.29, 1.82) is 0 Å². The fourth-order valence-corrected chi connectivity index (χ4v) is 14.6. The van der Waals surface area contributed by atoms with Crippen LogP contribution in [0.3, 0.4) is 0 Å². The van der Waals surface area contributed by atoms with Crippen LogP contribution in [-0.4, -0.2) is 0 Å². The van der Waals surface area contributed by atoms with Crippen LogP contribution in [0.1, 0.15) is 68.2 Å². The van der Waals surface area contributed by atoms with Crippen molar-refractivity contribution in [2.24, 2.45) is 23.7 Å². The molecular formula is C55H45NS. The van der Waals surface area contributed by atoms with Crippen LogP contribution in [0.4, 0.5) is 17.1 Å². The number of nitrogens with zero attached hydrogens (tertiary/aromatic N) is 1. The summed E-state index contributed by atoms with van der Waals surface area (Å²) < 4.78 is 2.70. The Kier molecular flexibility index (Phi) is 6.63. The normalized spacial score (nSPS) is 24.2. The first-order valence-electron chi connectivity index (χ1n) is 21.3. The zero-order chi connectivity index (χ0) is 37.6. The molecule has 0 unspecified atom stereocenters. The second kappa shape index (κ2) is 11.6. The zero-order valence-electron chi connectivity index (χ0n) is 32.6. The van der Waals surface area contributed by atoms with Gasteiger partial charge >= 0.3 is 0 Å². The Morgan fingerprint density at radius 1 is 0.456 bits per heavy atom. The van der Waals surface area contributed by atoms with Gasteiger partial charge in [-0.2, -0.15) is 0 Å². The number of hydrogen-bond acceptors (Lipinski definition) is 2. The molecule has 4 fully saturated rings. The summed E-state index contributed by atoms with van der Waals surface area (Å²) >= 11 is 1.91. The molecule has 2 heteroatoms. The Morgan fingerprint density at radius 2 is 1.02 bits per heavy atom. The summed E-state index contributed by atoms with van der Waals surface area (Å²) in [5.41, 5.74) is 18.0. The van der Waals surface area contributed by atoms with E-state index in [-0.39, 0.29) is 10.8 Å². The monoisotopic (exact) mass is 751 g/mol. The van der Waals surface area contributed by atoms with E-state index in [0.717, 1.165) is 23.7 Å². The van der Waals surface area contributed by atoms with Crippen LogP contribution in [0.5, 0.6) is 0 Å². The lowest BCUT2D eigenvalue weighted by molar-refractivity contribution is -0.0399. The minimum Gasteiger partial charge on any atom is -0.310 e. The maximum atomic E-state index is 2.66. The van der Waals surface area contributed by atoms with Gasteiger partial charge in [0.2, 0.25) is 0 Å². The molecule has 57 heavy (non-hydrogen) atoms. The van der Waals surface area contributed by atoms with E-state index in [9.17, 15) is 0 Å². The van der Waals surface area contributed by atoms with Crippen molar-refractivity contribution >= 4 is 48.6 Å². The van der Waals surface area contributed by atoms with E-state index in [2.05, 4.69) is 170 Å². The van der Waals surface area contributed by atoms with Crippen molar-refractivity contribution in [3.8, 4) is 33.4 Å². The molecule has 4 bridgehead atoms. The molecule has 6 aliphatic carbocycles. The van der Waals surface area contributed by atoms with Gasteiger partial charge in [0.1, 0.15) is 0 Å². The molecule has 1 nitrogen and oxygen atoms in total. The van der Waals surface area contributed by atoms with Crippen LogP contribution in [-0.2, 0) is 10.8 Å². The zero-order valence-corrected chi connectivity index (χ0v) is 33.5. The summed E-state index contributed by atoms with van der Waals surface area (Å²) in [6.07, 6.45) is 7.03. The third-order valence-corrected chi connectivity index (χ3v) is 16.7. The average Bonchev–Trinajstić information content (AvgIpc) is 3.84. The maximum Gasteiger partial charge on any atom is 0.0467 e. The number of anilines is 3. The van der Waals surface area contributed by atoms with Crippen molar-refractivity contribution in [2.75, 3.05) is 4.90 Å². The van der Waals surface area contributed by atoms with E-state index in [1.165, 1.54) is 114 Å². The molecule has 1 spiro atoms. The smallest absolute Gasteiger partial charge is 0.0467 e. The molecule has 8 aromatic rings. The predicted octanol–water partition coefficient (Wildman–Crippen LogP) is 15.2. The summed E-state index contributed by atoms with van der Waals surface area (Å²) in [6, 6.07) is 58.5. The topological polar surface area (TPSA) is 3.24 Å². The molecule has 4 saturated carbocycles. The fourth-order valence-electron chi connectivity index (χ4n) is 13.3. The van der Waals surface area contributed by atoms with Crippen molar-refractivity contribution in [3.63, 3.8) is 0 Å². The second-order valence-corrected chi connectivity index (χ2v) is 19.6. The van der Waals surface area contributed by atoms with Gasteiger partial charge in [0, 0.05) is 48.1 Å². The molecule has 6 aliphatic rings. The van der Waals surface area contributed by atoms with Gasteiger partial charge in [0.15, 0.2) is 0 Å². The lowest BCUT2D eigenvalue weighted by Crippen LogP contribution is -2.55. The van der Waals surface area contributed by atoms with Crippen molar-refractivity contribution in [2.45, 2.75) is 56.8 Å². The molecule has 0 radical (unpaired) electrons. The van der Waals surface area contributed by atoms with E-state index >= 15 is 0 Å². The van der Waals surface area contributed by atoms with Gasteiger partial charge in [-0.05, 0) is 154 Å². The third kappa shape index (κ3) is 4.35. The highest BCUT2D eigenvalue weighted by molar-refractivity contribution is 7.26. The highest BCUT2D eigenvalue weighted by Gasteiger charge is 2.61. The Balaban J connectivity index is 1.03. The molecule has 7 aromatic carbocycles. The number of fused-ring (bicyclic) bond motifs is 9. The van der Waals surface area contributed by atoms with Gasteiger partial charge in [-0.1, -0.05) is 123 Å². The predicted molar refractivity (Wildman–Crippen MR) is 240 cm³/mol. The molecule has 0 amide bonds. The molecular weight excluding hydrogens is 707 g/mol. The second-order valence-electron chi connectivity index (χ2n) is 18.5. The summed E-state index contributed by atoms with van der Waals surface area (Å²) in [5.74, 6) is 3.29. The van der Waals surface area contributed by atoms with Crippen LogP contribution in [0.2, 0.25) is 0 Å². The quantitative estimate of drug-likeness (QED) is 0.173. The number of benzene rings is 7. The Morgan fingerprint density at radius 3 is 1.79 bits per heavy atom. The average molecular weight is 752 g/mol. The summed E-state index contributed by atoms with van der Waals surface area (Å²) in [4.78, 5) is 2.58. The Labute approximate surface area is 339 Å². The van der Waals surface area contributed by atoms with Crippen molar-refractivity contribution in [1.82, 2.24) is 0 Å². The molecule has 1 heterocycles. The van der Waals surface area contributed by atoms with E-state index in [0.29, 0.717) is 0 Å². The summed E-state index contributed by atoms with van der Waals surface area (Å²) in [6.45, 7) is 4.81. The van der Waals surface area contributed by atoms with Crippen molar-refractivity contribution < 1.29 is 0 Å². The Hall–Kier alpha value is -5.44. The molecule has 14 rings (SSSR count). The minimum atomic E-state index is -0.0870. The first-order chi connectivity index (χ1) is 28.0. The minimum absolute atomic E-state index is 0.0870. The maximum absolute atomic E-state index is 2.66. The van der Waals surface area contributed by atoms with E-state index in [4.69, 9.17) is 0 Å². The first-order valence-corrected chi connectivity index (χ1v) is 22.1. The standard InChI is InChI=1S/C55H45NS/c1-54(2)48-18-6-3-13-42(48)44-23-21-39(31-50(44)54)56(38-12-9-11-35(30-38)41-16-10-17-47-46-15-5-8-20-52(46)57-53(41)47)40-22-24-45-43-14-4-7-19-49(43)55(51(45)32-40)36-26-33-25-34(28-36)29-37(55)27-33/h3-24,30-34,36-37H,25-29H2,1-2H3. The Bertz CT molecular complexity index is 2950. The fraction of sp³-hybridized carbons (Fsp3) is 0.236. The lowest BCUT2D eigenvalue weighted by Gasteiger charge is -2.61. The largest absolute Gasteiger partial charge is 0.310 e. The summed E-state index contributed by atoms with van der Waals surface area (Å²) in [7, 11) is 0. The summed E-state index contributed by atoms with van der Waals surface area (Å²) in [5, 5.41) is 2.69. The number of thiophene rings is 1. The van der Waals surface area contributed by atoms with E-state index in [1.54, 1.807) is 11.1 Å². The first kappa shape index (κ1) is 32.6. The molecule has 0 aliphatic heterocycles. The SMILES string of the molecule is CC1(C)c2ccccc2-c2ccc(N(c3cccc(-c4cccc5c4sc4ccccc45)c3)c3ccc4c(c3)C3(c5ccccc5-4)C4CC5CC(C4)CC3C5)cc21. The molecule has 0 saturated heterocycles. The third-order valence-electron chi connectivity index (χ3n) is 15.4. The molecule has 276 valence electrons. The molecule has 0 atom stereocenters. The number of hydrogen-bond donors (Lipinski definition) is 0. The van der Waals surface area contributed by atoms with Crippen molar-refractivity contribution in [3.05, 3.63) is 174 Å². The van der Waals surface area contributed by atoms with Crippen LogP contribution in [0.15, 0.2) is 152 Å². The van der Waals surface area contributed by atoms with Gasteiger partial charge in [-0.3, -0.25) is 0 Å². The van der Waals surface area contributed by atoms with Crippen LogP contribution >= 0.6 is 11.3 Å².